The van der Waals surface area contributed by atoms with Crippen LogP contribution in [0.5, 0.6) is 0 Å². The summed E-state index contributed by atoms with van der Waals surface area (Å²) in [6.07, 6.45) is 6.86. The van der Waals surface area contributed by atoms with Gasteiger partial charge < -0.3 is 5.32 Å². The maximum atomic E-state index is 13.2. The molecule has 1 aromatic carbocycles. The minimum absolute atomic E-state index is 0.199. The maximum absolute atomic E-state index is 13.2. The number of hydrogen-bond donors (Lipinski definition) is 1. The molecule has 2 rings (SSSR count). The van der Waals surface area contributed by atoms with Crippen LogP contribution in [0.3, 0.4) is 0 Å². The summed E-state index contributed by atoms with van der Waals surface area (Å²) in [7, 11) is 0. The Morgan fingerprint density at radius 2 is 2.21 bits per heavy atom. The average Bonchev–Trinajstić information content (AvgIpc) is 2.87. The summed E-state index contributed by atoms with van der Waals surface area (Å²) >= 11 is 0. The first-order valence-electron chi connectivity index (χ1n) is 6.47. The number of benzene rings is 1. The average molecular weight is 264 g/mol. The van der Waals surface area contributed by atoms with Gasteiger partial charge in [0.05, 0.1) is 11.0 Å². The van der Waals surface area contributed by atoms with Gasteiger partial charge in [0.25, 0.3) is 5.69 Å². The fraction of sp³-hybridized carbons (Fsp3) is 0.429. The Morgan fingerprint density at radius 3 is 2.89 bits per heavy atom. The van der Waals surface area contributed by atoms with E-state index in [0.717, 1.165) is 19.0 Å². The fourth-order valence-electron chi connectivity index (χ4n) is 2.29. The molecule has 4 nitrogen and oxygen atoms in total. The molecule has 0 aromatic heterocycles. The quantitative estimate of drug-likeness (QED) is 0.371. The van der Waals surface area contributed by atoms with Crippen molar-refractivity contribution in [2.24, 2.45) is 0 Å². The number of halogens is 1. The van der Waals surface area contributed by atoms with Gasteiger partial charge in [0.15, 0.2) is 0 Å². The van der Waals surface area contributed by atoms with E-state index in [0.29, 0.717) is 12.1 Å². The maximum Gasteiger partial charge on any atom is 0.272 e. The number of non-ortho nitro benzene ring substituents is 1. The summed E-state index contributed by atoms with van der Waals surface area (Å²) in [6.45, 7) is 1.27. The van der Waals surface area contributed by atoms with Crippen molar-refractivity contribution in [3.8, 4) is 0 Å². The third-order valence-corrected chi connectivity index (χ3v) is 3.24. The molecule has 0 radical (unpaired) electrons. The molecular weight excluding hydrogens is 247 g/mol. The lowest BCUT2D eigenvalue weighted by atomic mass is 10.1. The molecule has 0 saturated heterocycles. The Balaban J connectivity index is 1.83. The minimum Gasteiger partial charge on any atom is -0.312 e. The van der Waals surface area contributed by atoms with Crippen molar-refractivity contribution in [1.82, 2.24) is 5.32 Å². The van der Waals surface area contributed by atoms with Crippen molar-refractivity contribution in [2.75, 3.05) is 6.54 Å². The van der Waals surface area contributed by atoms with Crippen LogP contribution >= 0.6 is 0 Å². The molecule has 0 aliphatic heterocycles. The summed E-state index contributed by atoms with van der Waals surface area (Å²) in [6, 6.07) is 3.67. The topological polar surface area (TPSA) is 55.2 Å². The first-order valence-corrected chi connectivity index (χ1v) is 6.47. The van der Waals surface area contributed by atoms with Gasteiger partial charge >= 0.3 is 0 Å². The number of nitro groups is 1. The Hall–Kier alpha value is -1.75. The van der Waals surface area contributed by atoms with Crippen LogP contribution in [-0.4, -0.2) is 11.5 Å². The molecule has 0 unspecified atom stereocenters. The van der Waals surface area contributed by atoms with E-state index in [2.05, 4.69) is 11.4 Å². The van der Waals surface area contributed by atoms with Gasteiger partial charge in [0, 0.05) is 12.6 Å². The van der Waals surface area contributed by atoms with Crippen molar-refractivity contribution < 1.29 is 9.31 Å². The van der Waals surface area contributed by atoms with Crippen LogP contribution in [-0.2, 0) is 6.54 Å². The SMILES string of the molecule is O=[N+]([O-])c1cc(F)cc(CNCCC2=CCCC2)c1. The van der Waals surface area contributed by atoms with Crippen molar-refractivity contribution >= 4 is 5.69 Å². The van der Waals surface area contributed by atoms with Crippen LogP contribution in [0.15, 0.2) is 29.8 Å². The first kappa shape index (κ1) is 13.7. The summed E-state index contributed by atoms with van der Waals surface area (Å²) in [4.78, 5) is 10.0. The van der Waals surface area contributed by atoms with Crippen LogP contribution in [0.4, 0.5) is 10.1 Å². The van der Waals surface area contributed by atoms with Gasteiger partial charge in [0.1, 0.15) is 5.82 Å². The molecule has 1 aromatic rings. The predicted molar refractivity (Wildman–Crippen MR) is 71.3 cm³/mol. The van der Waals surface area contributed by atoms with Crippen molar-refractivity contribution in [3.63, 3.8) is 0 Å². The van der Waals surface area contributed by atoms with Crippen LogP contribution in [0, 0.1) is 15.9 Å². The van der Waals surface area contributed by atoms with Crippen LogP contribution < -0.4 is 5.32 Å². The molecule has 0 atom stereocenters. The lowest BCUT2D eigenvalue weighted by Gasteiger charge is -2.06. The number of nitrogens with zero attached hydrogens (tertiary/aromatic N) is 1. The van der Waals surface area contributed by atoms with Crippen LogP contribution in [0.2, 0.25) is 0 Å². The molecule has 5 heteroatoms. The monoisotopic (exact) mass is 264 g/mol. The number of hydrogen-bond acceptors (Lipinski definition) is 3. The Bertz CT molecular complexity index is 500. The second-order valence-electron chi connectivity index (χ2n) is 4.76. The number of allylic oxidation sites excluding steroid dienone is 1. The second-order valence-corrected chi connectivity index (χ2v) is 4.76. The molecule has 0 saturated carbocycles. The molecule has 1 N–H and O–H groups in total. The van der Waals surface area contributed by atoms with E-state index in [1.807, 2.05) is 0 Å². The highest BCUT2D eigenvalue weighted by molar-refractivity contribution is 5.35. The largest absolute Gasteiger partial charge is 0.312 e. The van der Waals surface area contributed by atoms with E-state index in [1.165, 1.54) is 37.0 Å². The van der Waals surface area contributed by atoms with E-state index in [-0.39, 0.29) is 5.69 Å². The third kappa shape index (κ3) is 4.13. The molecule has 1 aliphatic rings. The molecule has 102 valence electrons. The van der Waals surface area contributed by atoms with Gasteiger partial charge in [-0.05, 0) is 43.9 Å². The molecule has 0 heterocycles. The predicted octanol–water partition coefficient (Wildman–Crippen LogP) is 3.32. The van der Waals surface area contributed by atoms with Gasteiger partial charge in [-0.3, -0.25) is 10.1 Å². The van der Waals surface area contributed by atoms with E-state index >= 15 is 0 Å². The highest BCUT2D eigenvalue weighted by Gasteiger charge is 2.09. The third-order valence-electron chi connectivity index (χ3n) is 3.24. The summed E-state index contributed by atoms with van der Waals surface area (Å²) in [5.41, 5.74) is 1.88. The van der Waals surface area contributed by atoms with Crippen molar-refractivity contribution in [2.45, 2.75) is 32.2 Å². The van der Waals surface area contributed by atoms with E-state index < -0.39 is 10.7 Å². The normalized spacial score (nSPS) is 14.5. The lowest BCUT2D eigenvalue weighted by molar-refractivity contribution is -0.385. The lowest BCUT2D eigenvalue weighted by Crippen LogP contribution is -2.15. The van der Waals surface area contributed by atoms with Crippen LogP contribution in [0.1, 0.15) is 31.2 Å². The molecule has 0 spiro atoms. The van der Waals surface area contributed by atoms with Gasteiger partial charge in [-0.2, -0.15) is 0 Å². The second kappa shape index (κ2) is 6.43. The number of nitrogens with one attached hydrogen (secondary N) is 1. The van der Waals surface area contributed by atoms with Gasteiger partial charge in [-0.15, -0.1) is 0 Å². The molecule has 0 fully saturated rings. The van der Waals surface area contributed by atoms with Crippen molar-refractivity contribution in [1.29, 1.82) is 0 Å². The first-order chi connectivity index (χ1) is 9.15. The highest BCUT2D eigenvalue weighted by atomic mass is 19.1. The molecular formula is C14H17FN2O2. The number of nitro benzene ring substituents is 1. The highest BCUT2D eigenvalue weighted by Crippen LogP contribution is 2.20. The van der Waals surface area contributed by atoms with E-state index in [9.17, 15) is 14.5 Å². The standard InChI is InChI=1S/C14H17FN2O2/c15-13-7-12(8-14(9-13)17(18)19)10-16-6-5-11-3-1-2-4-11/h3,7-9,16H,1-2,4-6,10H2. The summed E-state index contributed by atoms with van der Waals surface area (Å²) < 4.78 is 13.2. The summed E-state index contributed by atoms with van der Waals surface area (Å²) in [5.74, 6) is -0.565. The van der Waals surface area contributed by atoms with E-state index in [1.54, 1.807) is 0 Å². The smallest absolute Gasteiger partial charge is 0.272 e. The molecule has 1 aliphatic carbocycles. The Labute approximate surface area is 111 Å². The summed E-state index contributed by atoms with van der Waals surface area (Å²) in [5, 5.41) is 13.8. The minimum atomic E-state index is -0.573. The van der Waals surface area contributed by atoms with Gasteiger partial charge in [0.2, 0.25) is 0 Å². The Morgan fingerprint density at radius 1 is 1.37 bits per heavy atom. The van der Waals surface area contributed by atoms with Gasteiger partial charge in [-0.25, -0.2) is 4.39 Å². The zero-order valence-corrected chi connectivity index (χ0v) is 10.7. The molecule has 0 amide bonds. The zero-order chi connectivity index (χ0) is 13.7. The Kier molecular flexibility index (Phi) is 4.63. The number of rotatable bonds is 6. The van der Waals surface area contributed by atoms with Crippen LogP contribution in [0.25, 0.3) is 0 Å². The van der Waals surface area contributed by atoms with E-state index in [4.69, 9.17) is 0 Å². The van der Waals surface area contributed by atoms with Gasteiger partial charge in [-0.1, -0.05) is 11.6 Å². The zero-order valence-electron chi connectivity index (χ0n) is 10.7. The van der Waals surface area contributed by atoms with Crippen molar-refractivity contribution in [3.05, 3.63) is 51.3 Å². The fourth-order valence-corrected chi connectivity index (χ4v) is 2.29. The molecule has 19 heavy (non-hydrogen) atoms. The molecule has 0 bridgehead atoms.